The molecule has 5 heteroatoms. The van der Waals surface area contributed by atoms with Crippen LogP contribution in [-0.4, -0.2) is 16.9 Å². The largest absolute Gasteiger partial charge is 0.349 e. The zero-order valence-corrected chi connectivity index (χ0v) is 12.2. The van der Waals surface area contributed by atoms with Crippen molar-refractivity contribution in [1.29, 1.82) is 0 Å². The fraction of sp³-hybridized carbons (Fsp3) is 0.250. The lowest BCUT2D eigenvalue weighted by Crippen LogP contribution is -2.26. The topological polar surface area (TPSA) is 42.0 Å². The van der Waals surface area contributed by atoms with Crippen LogP contribution in [0.4, 0.5) is 4.39 Å². The van der Waals surface area contributed by atoms with Gasteiger partial charge in [-0.1, -0.05) is 18.2 Å². The zero-order chi connectivity index (χ0) is 14.7. The Morgan fingerprint density at radius 3 is 2.86 bits per heavy atom. The van der Waals surface area contributed by atoms with Crippen LogP contribution in [0.15, 0.2) is 47.6 Å². The van der Waals surface area contributed by atoms with Gasteiger partial charge in [-0.2, -0.15) is 0 Å². The minimum Gasteiger partial charge on any atom is -0.349 e. The third-order valence-corrected chi connectivity index (χ3v) is 4.30. The van der Waals surface area contributed by atoms with E-state index in [2.05, 4.69) is 10.3 Å². The predicted molar refractivity (Wildman–Crippen MR) is 80.7 cm³/mol. The molecule has 0 atom stereocenters. The molecule has 3 rings (SSSR count). The van der Waals surface area contributed by atoms with Crippen molar-refractivity contribution in [2.45, 2.75) is 29.7 Å². The molecule has 0 saturated heterocycles. The maximum Gasteiger partial charge on any atom is 0.254 e. The molecule has 108 valence electrons. The van der Waals surface area contributed by atoms with Crippen LogP contribution in [0.1, 0.15) is 28.8 Å². The Hall–Kier alpha value is -1.88. The van der Waals surface area contributed by atoms with Crippen LogP contribution < -0.4 is 5.32 Å². The summed E-state index contributed by atoms with van der Waals surface area (Å²) in [6, 6.07) is 10.5. The molecule has 1 N–H and O–H groups in total. The normalized spacial score (nSPS) is 14.0. The van der Waals surface area contributed by atoms with Crippen LogP contribution in [0.5, 0.6) is 0 Å². The molecule has 1 fully saturated rings. The van der Waals surface area contributed by atoms with Crippen LogP contribution in [0.3, 0.4) is 0 Å². The minimum absolute atomic E-state index is 0.0957. The number of hydrogen-bond acceptors (Lipinski definition) is 3. The third kappa shape index (κ3) is 3.61. The van der Waals surface area contributed by atoms with Gasteiger partial charge in [0.25, 0.3) is 5.91 Å². The molecule has 1 amide bonds. The second-order valence-electron chi connectivity index (χ2n) is 4.98. The van der Waals surface area contributed by atoms with E-state index in [1.165, 1.54) is 17.8 Å². The van der Waals surface area contributed by atoms with Crippen LogP contribution in [-0.2, 0) is 5.75 Å². The van der Waals surface area contributed by atoms with Crippen molar-refractivity contribution in [2.24, 2.45) is 0 Å². The van der Waals surface area contributed by atoms with Crippen molar-refractivity contribution in [3.05, 3.63) is 59.5 Å². The molecule has 1 aromatic carbocycles. The molecule has 1 saturated carbocycles. The second kappa shape index (κ2) is 6.26. The lowest BCUT2D eigenvalue weighted by atomic mass is 10.2. The molecule has 0 bridgehead atoms. The highest BCUT2D eigenvalue weighted by molar-refractivity contribution is 7.98. The van der Waals surface area contributed by atoms with Crippen molar-refractivity contribution in [3.8, 4) is 0 Å². The minimum atomic E-state index is -0.232. The van der Waals surface area contributed by atoms with Gasteiger partial charge in [-0.15, -0.1) is 11.8 Å². The van der Waals surface area contributed by atoms with Gasteiger partial charge in [0.1, 0.15) is 10.8 Å². The Balaban J connectivity index is 1.73. The summed E-state index contributed by atoms with van der Waals surface area (Å²) in [4.78, 5) is 16.4. The number of rotatable bonds is 5. The molecular formula is C16H15FN2OS. The van der Waals surface area contributed by atoms with E-state index in [-0.39, 0.29) is 11.7 Å². The van der Waals surface area contributed by atoms with Gasteiger partial charge in [-0.3, -0.25) is 4.79 Å². The van der Waals surface area contributed by atoms with Gasteiger partial charge in [0.2, 0.25) is 0 Å². The van der Waals surface area contributed by atoms with Crippen LogP contribution in [0.25, 0.3) is 0 Å². The highest BCUT2D eigenvalue weighted by Crippen LogP contribution is 2.26. The Kier molecular flexibility index (Phi) is 4.20. The summed E-state index contributed by atoms with van der Waals surface area (Å²) >= 11 is 1.38. The average molecular weight is 302 g/mol. The van der Waals surface area contributed by atoms with Crippen LogP contribution in [0, 0.1) is 5.82 Å². The Bertz CT molecular complexity index is 658. The van der Waals surface area contributed by atoms with Gasteiger partial charge in [0.05, 0.1) is 5.56 Å². The predicted octanol–water partition coefficient (Wildman–Crippen LogP) is 3.41. The van der Waals surface area contributed by atoms with Crippen molar-refractivity contribution in [3.63, 3.8) is 0 Å². The highest BCUT2D eigenvalue weighted by atomic mass is 32.2. The quantitative estimate of drug-likeness (QED) is 0.861. The molecule has 1 aliphatic carbocycles. The van der Waals surface area contributed by atoms with Crippen molar-refractivity contribution in [2.75, 3.05) is 0 Å². The Morgan fingerprint density at radius 2 is 2.10 bits per heavy atom. The summed E-state index contributed by atoms with van der Waals surface area (Å²) in [5, 5.41) is 3.59. The third-order valence-electron chi connectivity index (χ3n) is 3.25. The molecule has 0 spiro atoms. The number of amides is 1. The standard InChI is InChI=1S/C16H15FN2OS/c17-14-6-2-1-4-11(14)10-21-16-13(5-3-9-18-16)15(20)19-12-7-8-12/h1-6,9,12H,7-8,10H2,(H,19,20). The molecule has 1 aromatic heterocycles. The van der Waals surface area contributed by atoms with Crippen LogP contribution >= 0.6 is 11.8 Å². The second-order valence-corrected chi connectivity index (χ2v) is 5.95. The van der Waals surface area contributed by atoms with E-state index in [9.17, 15) is 9.18 Å². The summed E-state index contributed by atoms with van der Waals surface area (Å²) in [5.74, 6) is 0.125. The van der Waals surface area contributed by atoms with Crippen molar-refractivity contribution in [1.82, 2.24) is 10.3 Å². The van der Waals surface area contributed by atoms with E-state index in [1.807, 2.05) is 0 Å². The maximum absolute atomic E-state index is 13.6. The number of aromatic nitrogens is 1. The lowest BCUT2D eigenvalue weighted by Gasteiger charge is -2.08. The van der Waals surface area contributed by atoms with Crippen molar-refractivity contribution < 1.29 is 9.18 Å². The van der Waals surface area contributed by atoms with E-state index in [4.69, 9.17) is 0 Å². The smallest absolute Gasteiger partial charge is 0.254 e. The number of nitrogens with zero attached hydrogens (tertiary/aromatic N) is 1. The van der Waals surface area contributed by atoms with E-state index in [0.717, 1.165) is 12.8 Å². The van der Waals surface area contributed by atoms with E-state index in [0.29, 0.717) is 27.9 Å². The van der Waals surface area contributed by atoms with Gasteiger partial charge < -0.3 is 5.32 Å². The number of halogens is 1. The number of carbonyl (C=O) groups is 1. The number of hydrogen-bond donors (Lipinski definition) is 1. The molecule has 21 heavy (non-hydrogen) atoms. The lowest BCUT2D eigenvalue weighted by molar-refractivity contribution is 0.0947. The van der Waals surface area contributed by atoms with E-state index < -0.39 is 0 Å². The summed E-state index contributed by atoms with van der Waals surface area (Å²) in [5.41, 5.74) is 1.17. The number of pyridine rings is 1. The first-order valence-corrected chi connectivity index (χ1v) is 7.84. The highest BCUT2D eigenvalue weighted by Gasteiger charge is 2.25. The van der Waals surface area contributed by atoms with Gasteiger partial charge in [0.15, 0.2) is 0 Å². The monoisotopic (exact) mass is 302 g/mol. The van der Waals surface area contributed by atoms with Gasteiger partial charge in [0, 0.05) is 18.0 Å². The fourth-order valence-electron chi connectivity index (χ4n) is 1.93. The Labute approximate surface area is 127 Å². The van der Waals surface area contributed by atoms with Gasteiger partial charge in [-0.05, 0) is 36.6 Å². The van der Waals surface area contributed by atoms with Gasteiger partial charge in [-0.25, -0.2) is 9.37 Å². The number of benzene rings is 1. The van der Waals surface area contributed by atoms with Crippen LogP contribution in [0.2, 0.25) is 0 Å². The zero-order valence-electron chi connectivity index (χ0n) is 11.4. The first kappa shape index (κ1) is 14.1. The number of carbonyl (C=O) groups excluding carboxylic acids is 1. The molecule has 0 unspecified atom stereocenters. The molecule has 2 aromatic rings. The van der Waals surface area contributed by atoms with Gasteiger partial charge >= 0.3 is 0 Å². The molecule has 0 aliphatic heterocycles. The van der Waals surface area contributed by atoms with E-state index in [1.54, 1.807) is 36.5 Å². The summed E-state index contributed by atoms with van der Waals surface area (Å²) in [6.07, 6.45) is 3.74. The fourth-order valence-corrected chi connectivity index (χ4v) is 2.91. The van der Waals surface area contributed by atoms with E-state index >= 15 is 0 Å². The number of nitrogens with one attached hydrogen (secondary N) is 1. The maximum atomic E-state index is 13.6. The first-order chi connectivity index (χ1) is 10.2. The molecule has 1 heterocycles. The molecule has 0 radical (unpaired) electrons. The van der Waals surface area contributed by atoms with Crippen molar-refractivity contribution >= 4 is 17.7 Å². The number of thioether (sulfide) groups is 1. The first-order valence-electron chi connectivity index (χ1n) is 6.86. The average Bonchev–Trinajstić information content (AvgIpc) is 3.31. The Morgan fingerprint density at radius 1 is 1.29 bits per heavy atom. The molecule has 1 aliphatic rings. The summed E-state index contributed by atoms with van der Waals surface area (Å²) in [7, 11) is 0. The molecule has 3 nitrogen and oxygen atoms in total. The molecular weight excluding hydrogens is 287 g/mol. The summed E-state index contributed by atoms with van der Waals surface area (Å²) < 4.78 is 13.6. The SMILES string of the molecule is O=C(NC1CC1)c1cccnc1SCc1ccccc1F. The summed E-state index contributed by atoms with van der Waals surface area (Å²) in [6.45, 7) is 0.